The maximum absolute atomic E-state index is 12.8. The van der Waals surface area contributed by atoms with E-state index in [1.165, 1.54) is 20.3 Å². The molecule has 6 nitrogen and oxygen atoms in total. The van der Waals surface area contributed by atoms with E-state index in [1.807, 2.05) is 31.2 Å². The Hall–Kier alpha value is -3.66. The smallest absolute Gasteiger partial charge is 0.266 e. The number of hydrogen-bond donors (Lipinski definition) is 1. The molecule has 3 aromatic rings. The summed E-state index contributed by atoms with van der Waals surface area (Å²) in [6.45, 7) is 2.15. The molecule has 0 aliphatic heterocycles. The summed E-state index contributed by atoms with van der Waals surface area (Å²) >= 11 is 12.4. The van der Waals surface area contributed by atoms with Gasteiger partial charge in [0.2, 0.25) is 0 Å². The molecule has 0 fully saturated rings. The molecule has 0 saturated carbocycles. The van der Waals surface area contributed by atoms with Crippen molar-refractivity contribution >= 4 is 40.9 Å². The number of nitriles is 1. The highest BCUT2D eigenvalue weighted by atomic mass is 35.5. The number of anilines is 1. The summed E-state index contributed by atoms with van der Waals surface area (Å²) in [5.41, 5.74) is 2.70. The van der Waals surface area contributed by atoms with Crippen LogP contribution in [0.5, 0.6) is 17.2 Å². The fraction of sp³-hybridized carbons (Fsp3) is 0.154. The number of ether oxygens (including phenoxy) is 3. The highest BCUT2D eigenvalue weighted by Gasteiger charge is 2.16. The summed E-state index contributed by atoms with van der Waals surface area (Å²) in [6, 6.07) is 17.8. The van der Waals surface area contributed by atoms with Gasteiger partial charge in [0, 0.05) is 5.02 Å². The van der Waals surface area contributed by atoms with Crippen LogP contribution >= 0.6 is 23.2 Å². The molecule has 0 aromatic heterocycles. The third-order valence-corrected chi connectivity index (χ3v) is 5.36. The van der Waals surface area contributed by atoms with Gasteiger partial charge in [-0.2, -0.15) is 5.26 Å². The van der Waals surface area contributed by atoms with Gasteiger partial charge in [-0.15, -0.1) is 0 Å². The third kappa shape index (κ3) is 6.22. The van der Waals surface area contributed by atoms with Crippen molar-refractivity contribution in [2.24, 2.45) is 0 Å². The van der Waals surface area contributed by atoms with Crippen LogP contribution < -0.4 is 19.5 Å². The normalized spacial score (nSPS) is 10.9. The lowest BCUT2D eigenvalue weighted by atomic mass is 10.1. The standard InChI is InChI=1S/C26H22Cl2N2O4/c1-16-4-9-23(32-2)22(10-16)30-26(31)19(14-29)11-18-12-21(28)25(24(13-18)33-3)34-15-17-5-7-20(27)8-6-17/h4-13H,15H2,1-3H3,(H,30,31)/b19-11+. The Bertz CT molecular complexity index is 1270. The lowest BCUT2D eigenvalue weighted by molar-refractivity contribution is -0.112. The molecule has 0 aliphatic carbocycles. The van der Waals surface area contributed by atoms with Gasteiger partial charge in [0.25, 0.3) is 5.91 Å². The van der Waals surface area contributed by atoms with Gasteiger partial charge in [-0.1, -0.05) is 41.4 Å². The van der Waals surface area contributed by atoms with Crippen molar-refractivity contribution in [3.63, 3.8) is 0 Å². The van der Waals surface area contributed by atoms with Crippen molar-refractivity contribution < 1.29 is 19.0 Å². The number of nitrogens with zero attached hydrogens (tertiary/aromatic N) is 1. The number of halogens is 2. The number of aryl methyl sites for hydroxylation is 1. The Labute approximate surface area is 208 Å². The number of methoxy groups -OCH3 is 2. The number of rotatable bonds is 8. The molecule has 0 bridgehead atoms. The van der Waals surface area contributed by atoms with E-state index >= 15 is 0 Å². The summed E-state index contributed by atoms with van der Waals surface area (Å²) in [5, 5.41) is 13.2. The largest absolute Gasteiger partial charge is 0.495 e. The van der Waals surface area contributed by atoms with Crippen molar-refractivity contribution in [2.45, 2.75) is 13.5 Å². The first-order valence-corrected chi connectivity index (χ1v) is 10.9. The van der Waals surface area contributed by atoms with E-state index in [9.17, 15) is 10.1 Å². The first-order valence-electron chi connectivity index (χ1n) is 10.2. The molecule has 174 valence electrons. The molecular weight excluding hydrogens is 475 g/mol. The fourth-order valence-corrected chi connectivity index (χ4v) is 3.52. The van der Waals surface area contributed by atoms with Crippen LogP contribution in [-0.2, 0) is 11.4 Å². The highest BCUT2D eigenvalue weighted by molar-refractivity contribution is 6.32. The van der Waals surface area contributed by atoms with Gasteiger partial charge >= 0.3 is 0 Å². The lowest BCUT2D eigenvalue weighted by Gasteiger charge is -2.14. The Morgan fingerprint density at radius 3 is 2.38 bits per heavy atom. The summed E-state index contributed by atoms with van der Waals surface area (Å²) in [4.78, 5) is 12.8. The van der Waals surface area contributed by atoms with Crippen LogP contribution in [0.15, 0.2) is 60.2 Å². The topological polar surface area (TPSA) is 80.6 Å². The summed E-state index contributed by atoms with van der Waals surface area (Å²) in [5.74, 6) is 0.627. The molecule has 0 heterocycles. The molecule has 1 N–H and O–H groups in total. The molecule has 8 heteroatoms. The quantitative estimate of drug-likeness (QED) is 0.286. The summed E-state index contributed by atoms with van der Waals surface area (Å²) < 4.78 is 16.6. The summed E-state index contributed by atoms with van der Waals surface area (Å²) in [7, 11) is 2.99. The van der Waals surface area contributed by atoms with Crippen LogP contribution in [0.2, 0.25) is 10.0 Å². The molecule has 0 aliphatic rings. The Morgan fingerprint density at radius 1 is 1.03 bits per heavy atom. The van der Waals surface area contributed by atoms with Crippen molar-refractivity contribution in [2.75, 3.05) is 19.5 Å². The van der Waals surface area contributed by atoms with Crippen molar-refractivity contribution in [3.05, 3.63) is 86.9 Å². The zero-order chi connectivity index (χ0) is 24.7. The molecule has 3 aromatic carbocycles. The predicted molar refractivity (Wildman–Crippen MR) is 134 cm³/mol. The van der Waals surface area contributed by atoms with E-state index in [1.54, 1.807) is 36.4 Å². The third-order valence-electron chi connectivity index (χ3n) is 4.83. The van der Waals surface area contributed by atoms with Crippen LogP contribution in [0, 0.1) is 18.3 Å². The van der Waals surface area contributed by atoms with Gasteiger partial charge in [-0.3, -0.25) is 4.79 Å². The molecule has 3 rings (SSSR count). The zero-order valence-corrected chi connectivity index (χ0v) is 20.3. The minimum atomic E-state index is -0.579. The molecule has 0 radical (unpaired) electrons. The first-order chi connectivity index (χ1) is 16.3. The second-order valence-corrected chi connectivity index (χ2v) is 8.12. The van der Waals surface area contributed by atoms with Gasteiger partial charge in [-0.05, 0) is 66.1 Å². The van der Waals surface area contributed by atoms with E-state index in [2.05, 4.69) is 5.32 Å². The van der Waals surface area contributed by atoms with Crippen LogP contribution in [-0.4, -0.2) is 20.1 Å². The molecule has 1 amide bonds. The molecule has 0 spiro atoms. The maximum Gasteiger partial charge on any atom is 0.266 e. The number of amides is 1. The van der Waals surface area contributed by atoms with Gasteiger partial charge < -0.3 is 19.5 Å². The van der Waals surface area contributed by atoms with Crippen molar-refractivity contribution in [3.8, 4) is 23.3 Å². The fourth-order valence-electron chi connectivity index (χ4n) is 3.12. The number of benzene rings is 3. The molecule has 0 unspecified atom stereocenters. The van der Waals surface area contributed by atoms with Gasteiger partial charge in [0.15, 0.2) is 11.5 Å². The average Bonchev–Trinajstić information content (AvgIpc) is 2.82. The number of hydrogen-bond acceptors (Lipinski definition) is 5. The number of carbonyl (C=O) groups is 1. The van der Waals surface area contributed by atoms with E-state index < -0.39 is 5.91 Å². The zero-order valence-electron chi connectivity index (χ0n) is 18.8. The monoisotopic (exact) mass is 496 g/mol. The SMILES string of the molecule is COc1ccc(C)cc1NC(=O)/C(C#N)=C/c1cc(Cl)c(OCc2ccc(Cl)cc2)c(OC)c1. The average molecular weight is 497 g/mol. The second kappa shape index (κ2) is 11.5. The summed E-state index contributed by atoms with van der Waals surface area (Å²) in [6.07, 6.45) is 1.43. The van der Waals surface area contributed by atoms with Crippen LogP contribution in [0.3, 0.4) is 0 Å². The minimum absolute atomic E-state index is 0.114. The van der Waals surface area contributed by atoms with Gasteiger partial charge in [0.05, 0.1) is 24.9 Å². The lowest BCUT2D eigenvalue weighted by Crippen LogP contribution is -2.14. The maximum atomic E-state index is 12.8. The van der Waals surface area contributed by atoms with Crippen molar-refractivity contribution in [1.29, 1.82) is 5.26 Å². The Balaban J connectivity index is 1.83. The van der Waals surface area contributed by atoms with Crippen LogP contribution in [0.4, 0.5) is 5.69 Å². The van der Waals surface area contributed by atoms with E-state index in [-0.39, 0.29) is 17.2 Å². The Kier molecular flexibility index (Phi) is 8.42. The second-order valence-electron chi connectivity index (χ2n) is 7.28. The van der Waals surface area contributed by atoms with E-state index in [4.69, 9.17) is 37.4 Å². The van der Waals surface area contributed by atoms with Gasteiger partial charge in [0.1, 0.15) is 24.0 Å². The van der Waals surface area contributed by atoms with E-state index in [0.29, 0.717) is 33.5 Å². The number of nitrogens with one attached hydrogen (secondary N) is 1. The van der Waals surface area contributed by atoms with Crippen LogP contribution in [0.1, 0.15) is 16.7 Å². The van der Waals surface area contributed by atoms with Gasteiger partial charge in [-0.25, -0.2) is 0 Å². The highest BCUT2D eigenvalue weighted by Crippen LogP contribution is 2.37. The molecule has 34 heavy (non-hydrogen) atoms. The molecule has 0 atom stereocenters. The first kappa shape index (κ1) is 25.0. The van der Waals surface area contributed by atoms with Crippen molar-refractivity contribution in [1.82, 2.24) is 0 Å². The Morgan fingerprint density at radius 2 is 1.74 bits per heavy atom. The molecule has 0 saturated heterocycles. The van der Waals surface area contributed by atoms with E-state index in [0.717, 1.165) is 11.1 Å². The minimum Gasteiger partial charge on any atom is -0.495 e. The predicted octanol–water partition coefficient (Wildman–Crippen LogP) is 6.44. The molecular formula is C26H22Cl2N2O4. The number of carbonyl (C=O) groups excluding carboxylic acids is 1. The van der Waals surface area contributed by atoms with Crippen LogP contribution in [0.25, 0.3) is 6.08 Å².